The maximum Gasteiger partial charge on any atom is 0.253 e. The number of Topliss-reactive ketones (excluding diaryl/α,β-unsaturated/α-hetero) is 1. The summed E-state index contributed by atoms with van der Waals surface area (Å²) in [6, 6.07) is 0. The van der Waals surface area contributed by atoms with E-state index in [1.807, 2.05) is 0 Å². The molecule has 0 radical (unpaired) electrons. The van der Waals surface area contributed by atoms with E-state index < -0.39 is 0 Å². The lowest BCUT2D eigenvalue weighted by atomic mass is 10.3. The SMILES string of the molecule is Cn1nc(N2CC(=O)CC2=O)nc1N. The van der Waals surface area contributed by atoms with Crippen LogP contribution in [0, 0.1) is 0 Å². The van der Waals surface area contributed by atoms with Crippen LogP contribution in [0.5, 0.6) is 0 Å². The molecule has 0 aromatic carbocycles. The highest BCUT2D eigenvalue weighted by Crippen LogP contribution is 2.15. The van der Waals surface area contributed by atoms with E-state index in [0.29, 0.717) is 0 Å². The number of aryl methyl sites for hydroxylation is 1. The van der Waals surface area contributed by atoms with Crippen LogP contribution in [0.3, 0.4) is 0 Å². The van der Waals surface area contributed by atoms with Crippen LogP contribution >= 0.6 is 0 Å². The Balaban J connectivity index is 2.31. The van der Waals surface area contributed by atoms with Gasteiger partial charge in [0, 0.05) is 7.05 Å². The van der Waals surface area contributed by atoms with Crippen LogP contribution in [-0.2, 0) is 16.6 Å². The summed E-state index contributed by atoms with van der Waals surface area (Å²) < 4.78 is 1.35. The fourth-order valence-electron chi connectivity index (χ4n) is 1.26. The molecule has 7 heteroatoms. The van der Waals surface area contributed by atoms with Crippen molar-refractivity contribution in [3.05, 3.63) is 0 Å². The summed E-state index contributed by atoms with van der Waals surface area (Å²) in [5.41, 5.74) is 5.45. The first kappa shape index (κ1) is 8.67. The Bertz CT molecular complexity index is 391. The molecule has 0 atom stereocenters. The van der Waals surface area contributed by atoms with Gasteiger partial charge in [0.1, 0.15) is 0 Å². The Morgan fingerprint density at radius 3 is 2.57 bits per heavy atom. The van der Waals surface area contributed by atoms with E-state index in [0.717, 1.165) is 0 Å². The Kier molecular flexibility index (Phi) is 1.73. The van der Waals surface area contributed by atoms with E-state index in [4.69, 9.17) is 5.73 Å². The monoisotopic (exact) mass is 195 g/mol. The van der Waals surface area contributed by atoms with Crippen LogP contribution in [0.2, 0.25) is 0 Å². The van der Waals surface area contributed by atoms with Gasteiger partial charge in [0.15, 0.2) is 5.78 Å². The summed E-state index contributed by atoms with van der Waals surface area (Å²) in [5, 5.41) is 3.91. The van der Waals surface area contributed by atoms with Crippen molar-refractivity contribution < 1.29 is 9.59 Å². The third kappa shape index (κ3) is 1.22. The fourth-order valence-corrected chi connectivity index (χ4v) is 1.26. The molecule has 1 saturated heterocycles. The molecule has 1 fully saturated rings. The van der Waals surface area contributed by atoms with Gasteiger partial charge in [-0.05, 0) is 0 Å². The topological polar surface area (TPSA) is 94.1 Å². The molecule has 14 heavy (non-hydrogen) atoms. The molecule has 0 bridgehead atoms. The van der Waals surface area contributed by atoms with Crippen LogP contribution in [0.25, 0.3) is 0 Å². The molecule has 0 saturated carbocycles. The van der Waals surface area contributed by atoms with Crippen molar-refractivity contribution in [2.24, 2.45) is 7.05 Å². The first-order valence-corrected chi connectivity index (χ1v) is 4.06. The number of hydrogen-bond donors (Lipinski definition) is 1. The minimum atomic E-state index is -0.277. The lowest BCUT2D eigenvalue weighted by molar-refractivity contribution is -0.121. The van der Waals surface area contributed by atoms with Crippen LogP contribution in [0.15, 0.2) is 0 Å². The Hall–Kier alpha value is -1.92. The molecule has 74 valence electrons. The number of nitrogens with two attached hydrogens (primary N) is 1. The summed E-state index contributed by atoms with van der Waals surface area (Å²) in [6.07, 6.45) is -0.0713. The highest BCUT2D eigenvalue weighted by atomic mass is 16.2. The molecule has 0 spiro atoms. The van der Waals surface area contributed by atoms with Crippen LogP contribution in [-0.4, -0.2) is 33.0 Å². The third-order valence-corrected chi connectivity index (χ3v) is 2.01. The molecule has 1 aliphatic heterocycles. The quantitative estimate of drug-likeness (QED) is 0.562. The number of ketones is 1. The number of aromatic nitrogens is 3. The summed E-state index contributed by atoms with van der Waals surface area (Å²) in [6.45, 7) is 0.0439. The largest absolute Gasteiger partial charge is 0.368 e. The maximum absolute atomic E-state index is 11.3. The highest BCUT2D eigenvalue weighted by Gasteiger charge is 2.31. The van der Waals surface area contributed by atoms with Gasteiger partial charge >= 0.3 is 0 Å². The molecule has 7 nitrogen and oxygen atoms in total. The Labute approximate surface area is 79.5 Å². The molecule has 1 aromatic heterocycles. The number of anilines is 2. The zero-order valence-corrected chi connectivity index (χ0v) is 7.60. The molecule has 2 rings (SSSR count). The predicted octanol–water partition coefficient (Wildman–Crippen LogP) is -1.30. The number of amides is 1. The normalized spacial score (nSPS) is 16.8. The predicted molar refractivity (Wildman–Crippen MR) is 47.4 cm³/mol. The average molecular weight is 195 g/mol. The lowest BCUT2D eigenvalue weighted by Crippen LogP contribution is -2.25. The van der Waals surface area contributed by atoms with E-state index in [2.05, 4.69) is 10.1 Å². The lowest BCUT2D eigenvalue weighted by Gasteiger charge is -2.07. The van der Waals surface area contributed by atoms with Gasteiger partial charge in [0.05, 0.1) is 13.0 Å². The molecular formula is C7H9N5O2. The maximum atomic E-state index is 11.3. The van der Waals surface area contributed by atoms with Gasteiger partial charge in [-0.3, -0.25) is 14.5 Å². The average Bonchev–Trinajstić information content (AvgIpc) is 2.57. The molecule has 1 aliphatic rings. The number of rotatable bonds is 1. The first-order chi connectivity index (χ1) is 6.58. The molecule has 0 unspecified atom stereocenters. The highest BCUT2D eigenvalue weighted by molar-refractivity contribution is 6.14. The van der Waals surface area contributed by atoms with Crippen molar-refractivity contribution in [1.29, 1.82) is 0 Å². The molecule has 2 heterocycles. The van der Waals surface area contributed by atoms with Crippen LogP contribution in [0.1, 0.15) is 6.42 Å². The standard InChI is InChI=1S/C7H9N5O2/c1-11-6(8)9-7(10-11)12-3-4(13)2-5(12)14/h2-3H2,1H3,(H2,8,9,10). The van der Waals surface area contributed by atoms with E-state index >= 15 is 0 Å². The first-order valence-electron chi connectivity index (χ1n) is 4.06. The zero-order valence-electron chi connectivity index (χ0n) is 7.60. The Morgan fingerprint density at radius 1 is 1.43 bits per heavy atom. The van der Waals surface area contributed by atoms with Gasteiger partial charge < -0.3 is 5.73 Å². The van der Waals surface area contributed by atoms with E-state index in [1.54, 1.807) is 7.05 Å². The Morgan fingerprint density at radius 2 is 2.14 bits per heavy atom. The zero-order chi connectivity index (χ0) is 10.3. The smallest absolute Gasteiger partial charge is 0.253 e. The van der Waals surface area contributed by atoms with Gasteiger partial charge in [-0.15, -0.1) is 5.10 Å². The van der Waals surface area contributed by atoms with Gasteiger partial charge in [-0.25, -0.2) is 4.68 Å². The second-order valence-electron chi connectivity index (χ2n) is 3.09. The fraction of sp³-hybridized carbons (Fsp3) is 0.429. The number of nitrogen functional groups attached to an aromatic ring is 1. The second-order valence-corrected chi connectivity index (χ2v) is 3.09. The summed E-state index contributed by atoms with van der Waals surface area (Å²) >= 11 is 0. The summed E-state index contributed by atoms with van der Waals surface area (Å²) in [4.78, 5) is 27.3. The van der Waals surface area contributed by atoms with Crippen molar-refractivity contribution in [2.75, 3.05) is 17.2 Å². The number of hydrogen-bond acceptors (Lipinski definition) is 5. The van der Waals surface area contributed by atoms with Gasteiger partial charge in [-0.1, -0.05) is 0 Å². The summed E-state index contributed by atoms with van der Waals surface area (Å²) in [5.74, 6) is 0.00891. The molecule has 0 aliphatic carbocycles. The minimum Gasteiger partial charge on any atom is -0.368 e. The van der Waals surface area contributed by atoms with Gasteiger partial charge in [0.2, 0.25) is 11.9 Å². The van der Waals surface area contributed by atoms with Crippen LogP contribution in [0.4, 0.5) is 11.9 Å². The van der Waals surface area contributed by atoms with E-state index in [9.17, 15) is 9.59 Å². The number of carbonyl (C=O) groups excluding carboxylic acids is 2. The second kappa shape index (κ2) is 2.79. The van der Waals surface area contributed by atoms with Crippen molar-refractivity contribution >= 4 is 23.6 Å². The number of carbonyl (C=O) groups is 2. The van der Waals surface area contributed by atoms with E-state index in [1.165, 1.54) is 9.58 Å². The third-order valence-electron chi connectivity index (χ3n) is 2.01. The molecular weight excluding hydrogens is 186 g/mol. The van der Waals surface area contributed by atoms with Crippen molar-refractivity contribution in [3.8, 4) is 0 Å². The van der Waals surface area contributed by atoms with Crippen molar-refractivity contribution in [3.63, 3.8) is 0 Å². The van der Waals surface area contributed by atoms with Crippen molar-refractivity contribution in [2.45, 2.75) is 6.42 Å². The van der Waals surface area contributed by atoms with Gasteiger partial charge in [-0.2, -0.15) is 4.98 Å². The molecule has 2 N–H and O–H groups in total. The molecule has 1 amide bonds. The minimum absolute atomic E-state index is 0.0439. The molecule has 1 aromatic rings. The van der Waals surface area contributed by atoms with E-state index in [-0.39, 0.29) is 36.6 Å². The van der Waals surface area contributed by atoms with Gasteiger partial charge in [0.25, 0.3) is 5.95 Å². The number of nitrogens with zero attached hydrogens (tertiary/aromatic N) is 4. The summed E-state index contributed by atoms with van der Waals surface area (Å²) in [7, 11) is 1.62. The van der Waals surface area contributed by atoms with Crippen LogP contribution < -0.4 is 10.6 Å². The van der Waals surface area contributed by atoms with Crippen molar-refractivity contribution in [1.82, 2.24) is 14.8 Å².